The van der Waals surface area contributed by atoms with Gasteiger partial charge in [-0.1, -0.05) is 23.7 Å². The Morgan fingerprint density at radius 2 is 1.88 bits per heavy atom. The van der Waals surface area contributed by atoms with Gasteiger partial charge in [0.25, 0.3) is 16.8 Å². The Morgan fingerprint density at radius 3 is 2.50 bits per heavy atom. The van der Waals surface area contributed by atoms with Crippen LogP contribution in [0.2, 0.25) is 5.02 Å². The van der Waals surface area contributed by atoms with E-state index in [-0.39, 0.29) is 27.7 Å². The van der Waals surface area contributed by atoms with E-state index in [1.54, 1.807) is 24.3 Å². The Morgan fingerprint density at radius 1 is 1.22 bits per heavy atom. The van der Waals surface area contributed by atoms with Gasteiger partial charge in [0.05, 0.1) is 46.4 Å². The van der Waals surface area contributed by atoms with Crippen LogP contribution in [0.1, 0.15) is 5.56 Å². The number of nitrogens with one attached hydrogen (secondary N) is 1. The van der Waals surface area contributed by atoms with Gasteiger partial charge < -0.3 is 14.8 Å². The highest BCUT2D eigenvalue weighted by Crippen LogP contribution is 2.38. The number of nitro benzene ring substituents is 1. The molecule has 1 aliphatic rings. The number of halogens is 1. The molecular formula is C20H16ClN3O7S. The summed E-state index contributed by atoms with van der Waals surface area (Å²) in [6.07, 6.45) is 1.21. The third kappa shape index (κ3) is 4.84. The number of carbonyl (C=O) groups is 3. The molecule has 0 spiro atoms. The minimum absolute atomic E-state index is 0.0404. The highest BCUT2D eigenvalue weighted by Gasteiger charge is 2.37. The average molecular weight is 478 g/mol. The molecule has 0 aromatic heterocycles. The van der Waals surface area contributed by atoms with Gasteiger partial charge in [0.1, 0.15) is 6.54 Å². The average Bonchev–Trinajstić information content (AvgIpc) is 3.02. The Hall–Kier alpha value is -3.57. The molecule has 2 aromatic carbocycles. The lowest BCUT2D eigenvalue weighted by Gasteiger charge is -2.13. The first-order valence-corrected chi connectivity index (χ1v) is 10.1. The molecule has 0 atom stereocenters. The molecule has 0 unspecified atom stereocenters. The van der Waals surface area contributed by atoms with E-state index in [1.807, 2.05) is 0 Å². The molecule has 0 aliphatic carbocycles. The maximum Gasteiger partial charge on any atom is 0.294 e. The molecule has 32 heavy (non-hydrogen) atoms. The maximum absolute atomic E-state index is 12.7. The minimum Gasteiger partial charge on any atom is -0.493 e. The molecule has 1 aliphatic heterocycles. The van der Waals surface area contributed by atoms with Crippen molar-refractivity contribution in [2.24, 2.45) is 0 Å². The summed E-state index contributed by atoms with van der Waals surface area (Å²) in [5.41, 5.74) is 0.0345. The van der Waals surface area contributed by atoms with Crippen LogP contribution in [0.5, 0.6) is 11.5 Å². The molecule has 3 amide bonds. The standard InChI is InChI=1S/C20H16ClN3O7S/c1-30-15-7-11(14(24(28)29)9-16(15)31-2)8-17-19(26)23(20(27)32-17)10-18(25)22-13-6-4-3-5-12(13)21/h3-9H,10H2,1-2H3,(H,22,25)/b17-8+. The molecule has 166 valence electrons. The van der Waals surface area contributed by atoms with Crippen molar-refractivity contribution in [1.29, 1.82) is 0 Å². The summed E-state index contributed by atoms with van der Waals surface area (Å²) in [5.74, 6) is -1.03. The number of carbonyl (C=O) groups excluding carboxylic acids is 3. The third-order valence-electron chi connectivity index (χ3n) is 4.34. The summed E-state index contributed by atoms with van der Waals surface area (Å²) >= 11 is 6.56. The number of anilines is 1. The number of nitro groups is 1. The predicted octanol–water partition coefficient (Wildman–Crippen LogP) is 3.94. The number of para-hydroxylation sites is 1. The second kappa shape index (κ2) is 9.71. The van der Waals surface area contributed by atoms with Crippen molar-refractivity contribution in [3.8, 4) is 11.5 Å². The number of thioether (sulfide) groups is 1. The van der Waals surface area contributed by atoms with Crippen LogP contribution < -0.4 is 14.8 Å². The first kappa shape index (κ1) is 23.1. The van der Waals surface area contributed by atoms with Gasteiger partial charge >= 0.3 is 0 Å². The lowest BCUT2D eigenvalue weighted by Crippen LogP contribution is -2.36. The van der Waals surface area contributed by atoms with Gasteiger partial charge in [-0.2, -0.15) is 0 Å². The lowest BCUT2D eigenvalue weighted by molar-refractivity contribution is -0.385. The highest BCUT2D eigenvalue weighted by atomic mass is 35.5. The van der Waals surface area contributed by atoms with E-state index in [0.29, 0.717) is 22.5 Å². The van der Waals surface area contributed by atoms with Crippen LogP contribution in [0.15, 0.2) is 41.3 Å². The van der Waals surface area contributed by atoms with E-state index < -0.39 is 28.5 Å². The Labute approximate surface area is 191 Å². The van der Waals surface area contributed by atoms with E-state index in [2.05, 4.69) is 5.32 Å². The van der Waals surface area contributed by atoms with Crippen LogP contribution in [0.25, 0.3) is 6.08 Å². The zero-order valence-electron chi connectivity index (χ0n) is 16.8. The summed E-state index contributed by atoms with van der Waals surface area (Å²) < 4.78 is 10.2. The van der Waals surface area contributed by atoms with E-state index in [0.717, 1.165) is 11.0 Å². The molecule has 1 heterocycles. The zero-order chi connectivity index (χ0) is 23.4. The Bertz CT molecular complexity index is 1150. The number of ether oxygens (including phenoxy) is 2. The maximum atomic E-state index is 12.7. The topological polar surface area (TPSA) is 128 Å². The highest BCUT2D eigenvalue weighted by molar-refractivity contribution is 8.18. The number of imide groups is 1. The van der Waals surface area contributed by atoms with Crippen LogP contribution in [-0.2, 0) is 9.59 Å². The number of hydrogen-bond acceptors (Lipinski definition) is 8. The molecule has 3 rings (SSSR count). The van der Waals surface area contributed by atoms with Gasteiger partial charge in [0.15, 0.2) is 11.5 Å². The van der Waals surface area contributed by atoms with E-state index in [4.69, 9.17) is 21.1 Å². The lowest BCUT2D eigenvalue weighted by atomic mass is 10.1. The second-order valence-electron chi connectivity index (χ2n) is 6.32. The molecular weight excluding hydrogens is 462 g/mol. The van der Waals surface area contributed by atoms with E-state index in [9.17, 15) is 24.5 Å². The molecule has 1 fully saturated rings. The molecule has 1 saturated heterocycles. The molecule has 0 bridgehead atoms. The van der Waals surface area contributed by atoms with Crippen molar-refractivity contribution in [2.45, 2.75) is 0 Å². The van der Waals surface area contributed by atoms with Crippen molar-refractivity contribution in [3.05, 3.63) is 62.0 Å². The van der Waals surface area contributed by atoms with Crippen LogP contribution in [0, 0.1) is 10.1 Å². The first-order chi connectivity index (χ1) is 15.2. The van der Waals surface area contributed by atoms with Gasteiger partial charge in [0, 0.05) is 0 Å². The molecule has 12 heteroatoms. The number of methoxy groups -OCH3 is 2. The fourth-order valence-corrected chi connectivity index (χ4v) is 3.84. The van der Waals surface area contributed by atoms with Crippen molar-refractivity contribution < 1.29 is 28.8 Å². The summed E-state index contributed by atoms with van der Waals surface area (Å²) in [7, 11) is 2.69. The number of benzene rings is 2. The Kier molecular flexibility index (Phi) is 7.01. The normalized spacial score (nSPS) is 14.6. The third-order valence-corrected chi connectivity index (χ3v) is 5.58. The van der Waals surface area contributed by atoms with Gasteiger partial charge in [0.2, 0.25) is 5.91 Å². The van der Waals surface area contributed by atoms with Crippen LogP contribution in [-0.4, -0.2) is 47.6 Å². The molecule has 1 N–H and O–H groups in total. The summed E-state index contributed by atoms with van der Waals surface area (Å²) in [6, 6.07) is 8.99. The molecule has 0 saturated carbocycles. The van der Waals surface area contributed by atoms with E-state index >= 15 is 0 Å². The second-order valence-corrected chi connectivity index (χ2v) is 7.72. The predicted molar refractivity (Wildman–Crippen MR) is 119 cm³/mol. The zero-order valence-corrected chi connectivity index (χ0v) is 18.4. The fourth-order valence-electron chi connectivity index (χ4n) is 2.83. The van der Waals surface area contributed by atoms with Gasteiger partial charge in [-0.05, 0) is 36.0 Å². The number of rotatable bonds is 7. The van der Waals surface area contributed by atoms with E-state index in [1.165, 1.54) is 26.4 Å². The molecule has 0 radical (unpaired) electrons. The Balaban J connectivity index is 1.85. The minimum atomic E-state index is -0.751. The van der Waals surface area contributed by atoms with Crippen LogP contribution in [0.3, 0.4) is 0 Å². The van der Waals surface area contributed by atoms with Crippen molar-refractivity contribution >= 4 is 57.9 Å². The molecule has 10 nitrogen and oxygen atoms in total. The van der Waals surface area contributed by atoms with Gasteiger partial charge in [-0.3, -0.25) is 29.4 Å². The summed E-state index contributed by atoms with van der Waals surface area (Å²) in [5, 5.41) is 13.6. The van der Waals surface area contributed by atoms with Crippen molar-refractivity contribution in [1.82, 2.24) is 4.90 Å². The molecule has 2 aromatic rings. The monoisotopic (exact) mass is 477 g/mol. The SMILES string of the molecule is COc1cc(/C=C2/SC(=O)N(CC(=O)Nc3ccccc3Cl)C2=O)c([N+](=O)[O-])cc1OC. The smallest absolute Gasteiger partial charge is 0.294 e. The quantitative estimate of drug-likeness (QED) is 0.360. The number of hydrogen-bond donors (Lipinski definition) is 1. The number of nitrogens with zero attached hydrogens (tertiary/aromatic N) is 2. The summed E-state index contributed by atoms with van der Waals surface area (Å²) in [6.45, 7) is -0.540. The van der Waals surface area contributed by atoms with Gasteiger partial charge in [-0.25, -0.2) is 0 Å². The largest absolute Gasteiger partial charge is 0.493 e. The summed E-state index contributed by atoms with van der Waals surface area (Å²) in [4.78, 5) is 48.8. The van der Waals surface area contributed by atoms with Gasteiger partial charge in [-0.15, -0.1) is 0 Å². The fraction of sp³-hybridized carbons (Fsp3) is 0.150. The van der Waals surface area contributed by atoms with Crippen molar-refractivity contribution in [3.63, 3.8) is 0 Å². The first-order valence-electron chi connectivity index (χ1n) is 8.95. The number of amides is 3. The van der Waals surface area contributed by atoms with Crippen molar-refractivity contribution in [2.75, 3.05) is 26.1 Å². The van der Waals surface area contributed by atoms with Crippen LogP contribution >= 0.6 is 23.4 Å². The van der Waals surface area contributed by atoms with Crippen LogP contribution in [0.4, 0.5) is 16.2 Å².